The molecule has 5 nitrogen and oxygen atoms in total. The molecule has 1 aromatic carbocycles. The predicted octanol–water partition coefficient (Wildman–Crippen LogP) is 0.816. The fourth-order valence-corrected chi connectivity index (χ4v) is 3.85. The molecule has 90 valence electrons. The average molecular weight is 270 g/mol. The number of rotatable bonds is 5. The summed E-state index contributed by atoms with van der Waals surface area (Å²) in [6.45, 7) is 0.0990. The molecule has 0 atom stereocenters. The molecule has 0 unspecified atom stereocenters. The van der Waals surface area contributed by atoms with Crippen LogP contribution in [0.2, 0.25) is 0 Å². The summed E-state index contributed by atoms with van der Waals surface area (Å²) >= 11 is 1.15. The van der Waals surface area contributed by atoms with Crippen LogP contribution in [0.3, 0.4) is 0 Å². The lowest BCUT2D eigenvalue weighted by Gasteiger charge is -1.98. The number of nitrogens with zero attached hydrogens (tertiary/aromatic N) is 1. The van der Waals surface area contributed by atoms with Crippen molar-refractivity contribution in [1.29, 1.82) is 0 Å². The maximum absolute atomic E-state index is 11.9. The number of aromatic nitrogens is 1. The summed E-state index contributed by atoms with van der Waals surface area (Å²) in [6, 6.07) is 7.25. The zero-order valence-electron chi connectivity index (χ0n) is 8.79. The van der Waals surface area contributed by atoms with Gasteiger partial charge in [0.05, 0.1) is 16.0 Å². The lowest BCUT2D eigenvalue weighted by Crippen LogP contribution is -2.21. The Bertz CT molecular complexity index is 601. The summed E-state index contributed by atoms with van der Waals surface area (Å²) in [6.07, 6.45) is 0.480. The number of carbonyl (C=O) groups excluding carboxylic acids is 1. The molecule has 1 amide bonds. The minimum Gasteiger partial charge on any atom is -0.358 e. The Kier molecular flexibility index (Phi) is 3.39. The minimum atomic E-state index is -3.41. The van der Waals surface area contributed by atoms with Crippen molar-refractivity contribution in [2.24, 2.45) is 0 Å². The van der Waals surface area contributed by atoms with Crippen LogP contribution in [0.4, 0.5) is 0 Å². The van der Waals surface area contributed by atoms with E-state index in [9.17, 15) is 13.2 Å². The number of sulfone groups is 1. The van der Waals surface area contributed by atoms with Gasteiger partial charge in [-0.05, 0) is 12.1 Å². The van der Waals surface area contributed by atoms with E-state index in [1.54, 1.807) is 6.07 Å². The number of amides is 1. The number of hydrogen-bond acceptors (Lipinski definition) is 5. The Balaban J connectivity index is 2.29. The van der Waals surface area contributed by atoms with Crippen molar-refractivity contribution in [2.75, 3.05) is 12.3 Å². The molecular weight excluding hydrogens is 260 g/mol. The maximum Gasteiger partial charge on any atom is 0.210 e. The molecule has 0 fully saturated rings. The molecule has 17 heavy (non-hydrogen) atoms. The van der Waals surface area contributed by atoms with Crippen molar-refractivity contribution in [3.8, 4) is 0 Å². The van der Waals surface area contributed by atoms with Gasteiger partial charge in [0.25, 0.3) is 0 Å². The molecule has 0 aliphatic carbocycles. The first-order valence-electron chi connectivity index (χ1n) is 4.89. The van der Waals surface area contributed by atoms with Crippen molar-refractivity contribution in [1.82, 2.24) is 10.3 Å². The van der Waals surface area contributed by atoms with Crippen LogP contribution in [-0.4, -0.2) is 32.1 Å². The zero-order valence-corrected chi connectivity index (χ0v) is 10.4. The number of carbonyl (C=O) groups is 1. The molecule has 1 heterocycles. The summed E-state index contributed by atoms with van der Waals surface area (Å²) in [5.74, 6) is -0.133. The summed E-state index contributed by atoms with van der Waals surface area (Å²) < 4.78 is 24.7. The Morgan fingerprint density at radius 3 is 2.82 bits per heavy atom. The number of fused-ring (bicyclic) bond motifs is 1. The molecule has 1 N–H and O–H groups in total. The highest BCUT2D eigenvalue weighted by Gasteiger charge is 2.18. The first-order valence-corrected chi connectivity index (χ1v) is 7.36. The van der Waals surface area contributed by atoms with Gasteiger partial charge in [-0.15, -0.1) is 11.3 Å². The van der Waals surface area contributed by atoms with E-state index in [1.807, 2.05) is 18.2 Å². The van der Waals surface area contributed by atoms with Gasteiger partial charge in [0.2, 0.25) is 20.6 Å². The third-order valence-corrected chi connectivity index (χ3v) is 5.35. The summed E-state index contributed by atoms with van der Waals surface area (Å²) in [4.78, 5) is 14.1. The monoisotopic (exact) mass is 270 g/mol. The fourth-order valence-electron chi connectivity index (χ4n) is 1.32. The molecule has 1 aromatic heterocycles. The second kappa shape index (κ2) is 4.80. The van der Waals surface area contributed by atoms with E-state index >= 15 is 0 Å². The molecule has 0 saturated heterocycles. The zero-order chi connectivity index (χ0) is 12.3. The number of benzene rings is 1. The molecule has 2 aromatic rings. The van der Waals surface area contributed by atoms with Crippen LogP contribution in [0.25, 0.3) is 10.2 Å². The van der Waals surface area contributed by atoms with E-state index in [2.05, 4.69) is 10.3 Å². The molecule has 0 radical (unpaired) electrons. The van der Waals surface area contributed by atoms with E-state index in [-0.39, 0.29) is 16.6 Å². The van der Waals surface area contributed by atoms with Crippen LogP contribution in [0, 0.1) is 0 Å². The highest BCUT2D eigenvalue weighted by atomic mass is 32.2. The van der Waals surface area contributed by atoms with Gasteiger partial charge in [0.1, 0.15) is 0 Å². The summed E-state index contributed by atoms with van der Waals surface area (Å²) in [5, 5.41) is 2.33. The van der Waals surface area contributed by atoms with Gasteiger partial charge in [0.15, 0.2) is 0 Å². The van der Waals surface area contributed by atoms with Gasteiger partial charge in [0, 0.05) is 6.54 Å². The van der Waals surface area contributed by atoms with Crippen LogP contribution in [0.1, 0.15) is 0 Å². The lowest BCUT2D eigenvalue weighted by molar-refractivity contribution is -0.109. The Morgan fingerprint density at radius 2 is 2.12 bits per heavy atom. The third-order valence-electron chi connectivity index (χ3n) is 2.14. The summed E-state index contributed by atoms with van der Waals surface area (Å²) in [7, 11) is -3.41. The second-order valence-corrected chi connectivity index (χ2v) is 6.65. The number of nitrogens with one attached hydrogen (secondary N) is 1. The van der Waals surface area contributed by atoms with Gasteiger partial charge in [-0.1, -0.05) is 12.1 Å². The molecule has 0 aliphatic heterocycles. The van der Waals surface area contributed by atoms with Crippen LogP contribution >= 0.6 is 11.3 Å². The van der Waals surface area contributed by atoms with Crippen molar-refractivity contribution in [2.45, 2.75) is 4.34 Å². The minimum absolute atomic E-state index is 0.0990. The fraction of sp³-hybridized carbons (Fsp3) is 0.200. The van der Waals surface area contributed by atoms with Crippen molar-refractivity contribution in [3.63, 3.8) is 0 Å². The van der Waals surface area contributed by atoms with Gasteiger partial charge < -0.3 is 5.32 Å². The number of para-hydroxylation sites is 1. The smallest absolute Gasteiger partial charge is 0.210 e. The lowest BCUT2D eigenvalue weighted by atomic mass is 10.3. The highest BCUT2D eigenvalue weighted by molar-refractivity contribution is 7.93. The average Bonchev–Trinajstić information content (AvgIpc) is 2.73. The van der Waals surface area contributed by atoms with Crippen LogP contribution in [0.5, 0.6) is 0 Å². The topological polar surface area (TPSA) is 76.1 Å². The van der Waals surface area contributed by atoms with E-state index < -0.39 is 9.84 Å². The largest absolute Gasteiger partial charge is 0.358 e. The predicted molar refractivity (Wildman–Crippen MR) is 65.7 cm³/mol. The van der Waals surface area contributed by atoms with Gasteiger partial charge in [-0.3, -0.25) is 4.79 Å². The van der Waals surface area contributed by atoms with Gasteiger partial charge in [-0.25, -0.2) is 13.4 Å². The van der Waals surface area contributed by atoms with Crippen molar-refractivity contribution >= 4 is 37.8 Å². The summed E-state index contributed by atoms with van der Waals surface area (Å²) in [5.41, 5.74) is 0.680. The van der Waals surface area contributed by atoms with Crippen molar-refractivity contribution in [3.05, 3.63) is 24.3 Å². The molecule has 0 bridgehead atoms. The quantitative estimate of drug-likeness (QED) is 0.644. The number of thiazole rings is 1. The standard InChI is InChI=1S/C10H10N2O3S2/c13-7-11-5-6-17(14,15)10-12-8-3-1-2-4-9(8)16-10/h1-4,7H,5-6H2,(H,11,13). The van der Waals surface area contributed by atoms with Crippen LogP contribution in [0.15, 0.2) is 28.6 Å². The van der Waals surface area contributed by atoms with E-state index in [0.717, 1.165) is 16.0 Å². The molecule has 0 saturated carbocycles. The van der Waals surface area contributed by atoms with Crippen molar-refractivity contribution < 1.29 is 13.2 Å². The first-order chi connectivity index (χ1) is 8.13. The molecule has 0 aliphatic rings. The first kappa shape index (κ1) is 12.0. The number of hydrogen-bond donors (Lipinski definition) is 1. The van der Waals surface area contributed by atoms with E-state index in [0.29, 0.717) is 11.9 Å². The normalized spacial score (nSPS) is 11.5. The van der Waals surface area contributed by atoms with Gasteiger partial charge >= 0.3 is 0 Å². The Labute approximate surface area is 102 Å². The molecule has 0 spiro atoms. The maximum atomic E-state index is 11.9. The van der Waals surface area contributed by atoms with Crippen LogP contribution < -0.4 is 5.32 Å². The molecular formula is C10H10N2O3S2. The van der Waals surface area contributed by atoms with Crippen LogP contribution in [-0.2, 0) is 14.6 Å². The molecule has 2 rings (SSSR count). The molecule has 7 heteroatoms. The highest BCUT2D eigenvalue weighted by Crippen LogP contribution is 2.25. The Hall–Kier alpha value is -1.47. The Morgan fingerprint density at radius 1 is 1.35 bits per heavy atom. The SMILES string of the molecule is O=CNCCS(=O)(=O)c1nc2ccccc2s1. The van der Waals surface area contributed by atoms with E-state index in [4.69, 9.17) is 0 Å². The van der Waals surface area contributed by atoms with E-state index in [1.165, 1.54) is 0 Å². The third kappa shape index (κ3) is 2.62. The second-order valence-electron chi connectivity index (χ2n) is 3.34. The van der Waals surface area contributed by atoms with Gasteiger partial charge in [-0.2, -0.15) is 0 Å².